The zero-order valence-corrected chi connectivity index (χ0v) is 11.0. The lowest BCUT2D eigenvalue weighted by atomic mass is 9.98. The van der Waals surface area contributed by atoms with Crippen LogP contribution in [0.2, 0.25) is 0 Å². The summed E-state index contributed by atoms with van der Waals surface area (Å²) in [6.07, 6.45) is 8.07. The second-order valence-corrected chi connectivity index (χ2v) is 6.01. The Morgan fingerprint density at radius 2 is 1.88 bits per heavy atom. The highest BCUT2D eigenvalue weighted by Gasteiger charge is 2.41. The first-order valence-electron chi connectivity index (χ1n) is 7.19. The Morgan fingerprint density at radius 3 is 2.35 bits per heavy atom. The normalized spacial score (nSPS) is 21.6. The van der Waals surface area contributed by atoms with Crippen LogP contribution in [0.3, 0.4) is 0 Å². The van der Waals surface area contributed by atoms with E-state index in [-0.39, 0.29) is 11.9 Å². The van der Waals surface area contributed by atoms with Crippen molar-refractivity contribution >= 4 is 5.91 Å². The molecule has 2 fully saturated rings. The van der Waals surface area contributed by atoms with Gasteiger partial charge in [-0.05, 0) is 63.2 Å². The van der Waals surface area contributed by atoms with Crippen LogP contribution in [0.15, 0.2) is 0 Å². The number of hydrogen-bond donors (Lipinski definition) is 2. The van der Waals surface area contributed by atoms with Crippen LogP contribution in [0.25, 0.3) is 0 Å². The van der Waals surface area contributed by atoms with E-state index < -0.39 is 0 Å². The molecule has 2 aliphatic rings. The van der Waals surface area contributed by atoms with Crippen molar-refractivity contribution in [2.24, 2.45) is 23.5 Å². The molecule has 0 aromatic carbocycles. The monoisotopic (exact) mass is 238 g/mol. The zero-order chi connectivity index (χ0) is 12.3. The van der Waals surface area contributed by atoms with Crippen molar-refractivity contribution in [1.29, 1.82) is 0 Å². The van der Waals surface area contributed by atoms with Gasteiger partial charge >= 0.3 is 0 Å². The minimum Gasteiger partial charge on any atom is -0.356 e. The average Bonchev–Trinajstić information content (AvgIpc) is 3.12. The Bertz CT molecular complexity index is 245. The molecule has 0 radical (unpaired) electrons. The first-order chi connectivity index (χ1) is 8.16. The van der Waals surface area contributed by atoms with Crippen LogP contribution in [0.1, 0.15) is 51.9 Å². The lowest BCUT2D eigenvalue weighted by molar-refractivity contribution is -0.121. The molecule has 1 amide bonds. The molecule has 3 nitrogen and oxygen atoms in total. The molecule has 98 valence electrons. The molecule has 3 heteroatoms. The maximum absolute atomic E-state index is 11.7. The van der Waals surface area contributed by atoms with Gasteiger partial charge in [0.2, 0.25) is 5.91 Å². The molecule has 0 aliphatic heterocycles. The molecular formula is C14H26N2O. The predicted molar refractivity (Wildman–Crippen MR) is 69.4 cm³/mol. The third-order valence-electron chi connectivity index (χ3n) is 4.05. The first-order valence-corrected chi connectivity index (χ1v) is 7.19. The number of carbonyl (C=O) groups excluding carboxylic acids is 1. The summed E-state index contributed by atoms with van der Waals surface area (Å²) in [5.41, 5.74) is 5.67. The van der Waals surface area contributed by atoms with Crippen LogP contribution in [-0.4, -0.2) is 18.5 Å². The molecule has 2 saturated carbocycles. The van der Waals surface area contributed by atoms with Crippen molar-refractivity contribution in [3.63, 3.8) is 0 Å². The number of amides is 1. The van der Waals surface area contributed by atoms with Crippen molar-refractivity contribution in [3.05, 3.63) is 0 Å². The Morgan fingerprint density at radius 1 is 1.29 bits per heavy atom. The van der Waals surface area contributed by atoms with Crippen LogP contribution in [0.4, 0.5) is 0 Å². The number of hydrogen-bond acceptors (Lipinski definition) is 2. The van der Waals surface area contributed by atoms with E-state index in [0.29, 0.717) is 6.42 Å². The van der Waals surface area contributed by atoms with Crippen molar-refractivity contribution in [3.8, 4) is 0 Å². The molecule has 3 N–H and O–H groups in total. The fourth-order valence-electron chi connectivity index (χ4n) is 2.67. The van der Waals surface area contributed by atoms with Crippen molar-refractivity contribution in [2.75, 3.05) is 6.54 Å². The van der Waals surface area contributed by atoms with E-state index in [2.05, 4.69) is 5.32 Å². The minimum absolute atomic E-state index is 0.216. The lowest BCUT2D eigenvalue weighted by Crippen LogP contribution is -2.31. The van der Waals surface area contributed by atoms with Crippen LogP contribution < -0.4 is 11.1 Å². The molecule has 2 aliphatic carbocycles. The second-order valence-electron chi connectivity index (χ2n) is 6.01. The Labute approximate surface area is 105 Å². The molecule has 1 unspecified atom stereocenters. The minimum atomic E-state index is 0.216. The van der Waals surface area contributed by atoms with Gasteiger partial charge in [-0.1, -0.05) is 0 Å². The highest BCUT2D eigenvalue weighted by Crippen LogP contribution is 2.48. The molecule has 0 bridgehead atoms. The number of carbonyl (C=O) groups is 1. The van der Waals surface area contributed by atoms with Gasteiger partial charge in [0, 0.05) is 19.0 Å². The summed E-state index contributed by atoms with van der Waals surface area (Å²) in [5.74, 6) is 2.85. The first kappa shape index (κ1) is 12.9. The Hall–Kier alpha value is -0.570. The van der Waals surface area contributed by atoms with Gasteiger partial charge in [-0.2, -0.15) is 0 Å². The molecule has 0 heterocycles. The van der Waals surface area contributed by atoms with Gasteiger partial charge in [-0.25, -0.2) is 0 Å². The van der Waals surface area contributed by atoms with Crippen LogP contribution >= 0.6 is 0 Å². The SMILES string of the molecule is CC(N)CCCC(=O)NCC(C1CC1)C1CC1. The summed E-state index contributed by atoms with van der Waals surface area (Å²) in [5, 5.41) is 3.12. The van der Waals surface area contributed by atoms with E-state index in [1.165, 1.54) is 25.7 Å². The van der Waals surface area contributed by atoms with Crippen molar-refractivity contribution in [1.82, 2.24) is 5.32 Å². The van der Waals surface area contributed by atoms with Crippen LogP contribution in [0, 0.1) is 17.8 Å². The van der Waals surface area contributed by atoms with Gasteiger partial charge in [-0.3, -0.25) is 4.79 Å². The molecule has 0 aromatic heterocycles. The second kappa shape index (κ2) is 5.85. The summed E-state index contributed by atoms with van der Waals surface area (Å²) in [6, 6.07) is 0.216. The fraction of sp³-hybridized carbons (Fsp3) is 0.929. The van der Waals surface area contributed by atoms with Gasteiger partial charge in [0.05, 0.1) is 0 Å². The van der Waals surface area contributed by atoms with E-state index >= 15 is 0 Å². The van der Waals surface area contributed by atoms with Gasteiger partial charge in [-0.15, -0.1) is 0 Å². The van der Waals surface area contributed by atoms with Gasteiger partial charge in [0.25, 0.3) is 0 Å². The third kappa shape index (κ3) is 4.66. The predicted octanol–water partition coefficient (Wildman–Crippen LogP) is 2.06. The van der Waals surface area contributed by atoms with Gasteiger partial charge < -0.3 is 11.1 Å². The maximum atomic E-state index is 11.7. The summed E-state index contributed by atoms with van der Waals surface area (Å²) in [4.78, 5) is 11.7. The van der Waals surface area contributed by atoms with Crippen LogP contribution in [0.5, 0.6) is 0 Å². The lowest BCUT2D eigenvalue weighted by Gasteiger charge is -2.16. The Kier molecular flexibility index (Phi) is 4.43. The number of rotatable bonds is 8. The largest absolute Gasteiger partial charge is 0.356 e. The van der Waals surface area contributed by atoms with E-state index in [4.69, 9.17) is 5.73 Å². The molecule has 1 atom stereocenters. The smallest absolute Gasteiger partial charge is 0.220 e. The highest BCUT2D eigenvalue weighted by molar-refractivity contribution is 5.75. The standard InChI is InChI=1S/C14H26N2O/c1-10(15)3-2-4-14(17)16-9-13(11-5-6-11)12-7-8-12/h10-13H,2-9,15H2,1H3,(H,16,17). The molecule has 2 rings (SSSR count). The topological polar surface area (TPSA) is 55.1 Å². The molecular weight excluding hydrogens is 212 g/mol. The quantitative estimate of drug-likeness (QED) is 0.680. The summed E-state index contributed by atoms with van der Waals surface area (Å²) >= 11 is 0. The molecule has 0 spiro atoms. The molecule has 17 heavy (non-hydrogen) atoms. The fourth-order valence-corrected chi connectivity index (χ4v) is 2.67. The van der Waals surface area contributed by atoms with Crippen molar-refractivity contribution in [2.45, 2.75) is 57.9 Å². The van der Waals surface area contributed by atoms with Gasteiger partial charge in [0.15, 0.2) is 0 Å². The summed E-state index contributed by atoms with van der Waals surface area (Å²) in [7, 11) is 0. The summed E-state index contributed by atoms with van der Waals surface area (Å²) in [6.45, 7) is 2.92. The van der Waals surface area contributed by atoms with E-state index in [1.54, 1.807) is 0 Å². The molecule has 0 aromatic rings. The molecule has 0 saturated heterocycles. The van der Waals surface area contributed by atoms with Crippen LogP contribution in [-0.2, 0) is 4.79 Å². The summed E-state index contributed by atoms with van der Waals surface area (Å²) < 4.78 is 0. The maximum Gasteiger partial charge on any atom is 0.220 e. The van der Waals surface area contributed by atoms with E-state index in [0.717, 1.165) is 37.1 Å². The van der Waals surface area contributed by atoms with E-state index in [9.17, 15) is 4.79 Å². The third-order valence-corrected chi connectivity index (χ3v) is 4.05. The Balaban J connectivity index is 1.58. The zero-order valence-electron chi connectivity index (χ0n) is 11.0. The van der Waals surface area contributed by atoms with Crippen molar-refractivity contribution < 1.29 is 4.79 Å². The number of nitrogens with one attached hydrogen (secondary N) is 1. The van der Waals surface area contributed by atoms with Gasteiger partial charge in [0.1, 0.15) is 0 Å². The average molecular weight is 238 g/mol. The number of nitrogens with two attached hydrogens (primary N) is 1. The highest BCUT2D eigenvalue weighted by atomic mass is 16.1. The van der Waals surface area contributed by atoms with E-state index in [1.807, 2.05) is 6.92 Å².